The van der Waals surface area contributed by atoms with Crippen LogP contribution in [0.2, 0.25) is 0 Å². The molecule has 154 valence electrons. The van der Waals surface area contributed by atoms with Crippen LogP contribution >= 0.6 is 0 Å². The molecule has 31 heavy (non-hydrogen) atoms. The summed E-state index contributed by atoms with van der Waals surface area (Å²) in [5, 5.41) is 21.3. The maximum Gasteiger partial charge on any atom is 0.307 e. The van der Waals surface area contributed by atoms with Crippen LogP contribution in [0.1, 0.15) is 39.4 Å². The summed E-state index contributed by atoms with van der Waals surface area (Å²) >= 11 is 0. The van der Waals surface area contributed by atoms with Gasteiger partial charge in [-0.3, -0.25) is 9.59 Å². The van der Waals surface area contributed by atoms with E-state index in [0.717, 1.165) is 6.42 Å². The van der Waals surface area contributed by atoms with Gasteiger partial charge in [-0.2, -0.15) is 5.26 Å². The molecule has 1 aliphatic rings. The molecular formula is C25H20N2O4. The van der Waals surface area contributed by atoms with Gasteiger partial charge < -0.3 is 15.2 Å². The van der Waals surface area contributed by atoms with E-state index in [-0.39, 0.29) is 23.9 Å². The van der Waals surface area contributed by atoms with E-state index in [4.69, 9.17) is 9.84 Å². The Morgan fingerprint density at radius 1 is 1.06 bits per heavy atom. The fourth-order valence-electron chi connectivity index (χ4n) is 3.51. The Kier molecular flexibility index (Phi) is 5.67. The van der Waals surface area contributed by atoms with Gasteiger partial charge in [0.05, 0.1) is 12.0 Å². The predicted molar refractivity (Wildman–Crippen MR) is 114 cm³/mol. The van der Waals surface area contributed by atoms with Crippen LogP contribution in [-0.2, 0) is 11.2 Å². The topological polar surface area (TPSA) is 99.4 Å². The van der Waals surface area contributed by atoms with Crippen LogP contribution in [0.4, 0.5) is 0 Å². The van der Waals surface area contributed by atoms with E-state index in [0.29, 0.717) is 28.5 Å². The SMILES string of the molecule is N#Cc1cc(CC(=O)O)ccc1Oc1ccc(C(=O)NC2CC2c2ccccc2)cc1. The molecule has 0 aromatic heterocycles. The number of nitriles is 1. The monoisotopic (exact) mass is 412 g/mol. The second-order valence-electron chi connectivity index (χ2n) is 7.47. The highest BCUT2D eigenvalue weighted by atomic mass is 16.5. The number of benzene rings is 3. The number of ether oxygens (including phenoxy) is 1. The van der Waals surface area contributed by atoms with Gasteiger partial charge >= 0.3 is 5.97 Å². The zero-order valence-electron chi connectivity index (χ0n) is 16.6. The van der Waals surface area contributed by atoms with Crippen molar-refractivity contribution >= 4 is 11.9 Å². The molecule has 0 spiro atoms. The first kappa shape index (κ1) is 20.2. The lowest BCUT2D eigenvalue weighted by Crippen LogP contribution is -2.26. The first-order valence-corrected chi connectivity index (χ1v) is 9.92. The van der Waals surface area contributed by atoms with E-state index in [1.54, 1.807) is 36.4 Å². The van der Waals surface area contributed by atoms with Crippen molar-refractivity contribution in [1.29, 1.82) is 5.26 Å². The van der Waals surface area contributed by atoms with Crippen LogP contribution < -0.4 is 10.1 Å². The number of carbonyl (C=O) groups excluding carboxylic acids is 1. The number of nitrogens with zero attached hydrogens (tertiary/aromatic N) is 1. The molecule has 3 aromatic carbocycles. The molecular weight excluding hydrogens is 392 g/mol. The first-order chi connectivity index (χ1) is 15.0. The number of carbonyl (C=O) groups is 2. The summed E-state index contributed by atoms with van der Waals surface area (Å²) < 4.78 is 5.76. The van der Waals surface area contributed by atoms with E-state index >= 15 is 0 Å². The molecule has 3 aromatic rings. The molecule has 1 aliphatic carbocycles. The molecule has 2 atom stereocenters. The molecule has 1 saturated carbocycles. The lowest BCUT2D eigenvalue weighted by Gasteiger charge is -2.10. The van der Waals surface area contributed by atoms with E-state index in [9.17, 15) is 14.9 Å². The molecule has 4 rings (SSSR count). The maximum atomic E-state index is 12.5. The minimum absolute atomic E-state index is 0.134. The first-order valence-electron chi connectivity index (χ1n) is 9.92. The molecule has 0 radical (unpaired) electrons. The maximum absolute atomic E-state index is 12.5. The number of amides is 1. The van der Waals surface area contributed by atoms with Crippen molar-refractivity contribution in [3.63, 3.8) is 0 Å². The number of carboxylic acid groups (broad SMARTS) is 1. The number of nitrogens with one attached hydrogen (secondary N) is 1. The van der Waals surface area contributed by atoms with Gasteiger partial charge in [-0.25, -0.2) is 0 Å². The molecule has 2 N–H and O–H groups in total. The summed E-state index contributed by atoms with van der Waals surface area (Å²) in [7, 11) is 0. The summed E-state index contributed by atoms with van der Waals surface area (Å²) in [5.74, 6) is 0.0739. The Hall–Kier alpha value is -4.11. The summed E-state index contributed by atoms with van der Waals surface area (Å²) in [6, 6.07) is 23.7. The molecule has 2 unspecified atom stereocenters. The molecule has 6 heteroatoms. The second kappa shape index (κ2) is 8.72. The lowest BCUT2D eigenvalue weighted by atomic mass is 10.1. The molecule has 0 aliphatic heterocycles. The Bertz CT molecular complexity index is 1150. The van der Waals surface area contributed by atoms with Crippen molar-refractivity contribution in [3.05, 3.63) is 95.1 Å². The van der Waals surface area contributed by atoms with Gasteiger partial charge in [0, 0.05) is 17.5 Å². The minimum Gasteiger partial charge on any atom is -0.481 e. The predicted octanol–water partition coefficient (Wildman–Crippen LogP) is 4.26. The Balaban J connectivity index is 1.38. The molecule has 1 amide bonds. The van der Waals surface area contributed by atoms with E-state index in [1.165, 1.54) is 11.6 Å². The van der Waals surface area contributed by atoms with Crippen LogP contribution in [0.15, 0.2) is 72.8 Å². The van der Waals surface area contributed by atoms with Crippen LogP contribution in [0.25, 0.3) is 0 Å². The standard InChI is InChI=1S/C25H20N2O4/c26-15-19-12-16(13-24(28)29)6-11-23(19)31-20-9-7-18(8-10-20)25(30)27-22-14-21(22)17-4-2-1-3-5-17/h1-12,21-22H,13-14H2,(H,27,30)(H,28,29). The normalized spacial score (nSPS) is 16.7. The summed E-state index contributed by atoms with van der Waals surface area (Å²) in [6.07, 6.45) is 0.774. The minimum atomic E-state index is -0.965. The Morgan fingerprint density at radius 3 is 2.48 bits per heavy atom. The summed E-state index contributed by atoms with van der Waals surface area (Å²) in [5.41, 5.74) is 2.54. The fraction of sp³-hybridized carbons (Fsp3) is 0.160. The van der Waals surface area contributed by atoms with Crippen molar-refractivity contribution < 1.29 is 19.4 Å². The Morgan fingerprint density at radius 2 is 1.81 bits per heavy atom. The highest BCUT2D eigenvalue weighted by Gasteiger charge is 2.39. The number of aliphatic carboxylic acids is 1. The van der Waals surface area contributed by atoms with Gasteiger partial charge in [0.15, 0.2) is 0 Å². The van der Waals surface area contributed by atoms with Crippen molar-refractivity contribution in [3.8, 4) is 17.6 Å². The fourth-order valence-corrected chi connectivity index (χ4v) is 3.51. The van der Waals surface area contributed by atoms with Crippen molar-refractivity contribution in [2.75, 3.05) is 0 Å². The van der Waals surface area contributed by atoms with Crippen molar-refractivity contribution in [2.24, 2.45) is 0 Å². The average Bonchev–Trinajstić information content (AvgIpc) is 3.54. The third-order valence-corrected chi connectivity index (χ3v) is 5.20. The van der Waals surface area contributed by atoms with Crippen LogP contribution in [0.3, 0.4) is 0 Å². The Labute approximate surface area is 179 Å². The van der Waals surface area contributed by atoms with E-state index in [2.05, 4.69) is 17.4 Å². The number of rotatable bonds is 7. The highest BCUT2D eigenvalue weighted by molar-refractivity contribution is 5.94. The molecule has 0 heterocycles. The molecule has 0 saturated heterocycles. The highest BCUT2D eigenvalue weighted by Crippen LogP contribution is 2.40. The number of hydrogen-bond acceptors (Lipinski definition) is 4. The van der Waals surface area contributed by atoms with Gasteiger partial charge in [-0.05, 0) is 53.9 Å². The molecule has 1 fully saturated rings. The van der Waals surface area contributed by atoms with Crippen LogP contribution in [0.5, 0.6) is 11.5 Å². The number of hydrogen-bond donors (Lipinski definition) is 2. The van der Waals surface area contributed by atoms with Gasteiger partial charge in [-0.15, -0.1) is 0 Å². The van der Waals surface area contributed by atoms with Crippen molar-refractivity contribution in [2.45, 2.75) is 24.8 Å². The van der Waals surface area contributed by atoms with Crippen molar-refractivity contribution in [1.82, 2.24) is 5.32 Å². The zero-order chi connectivity index (χ0) is 21.8. The third-order valence-electron chi connectivity index (χ3n) is 5.20. The summed E-state index contributed by atoms with van der Waals surface area (Å²) in [4.78, 5) is 23.4. The van der Waals surface area contributed by atoms with Gasteiger partial charge in [0.25, 0.3) is 5.91 Å². The number of carboxylic acids is 1. The largest absolute Gasteiger partial charge is 0.481 e. The van der Waals surface area contributed by atoms with Gasteiger partial charge in [0.2, 0.25) is 0 Å². The quantitative estimate of drug-likeness (QED) is 0.604. The summed E-state index contributed by atoms with van der Waals surface area (Å²) in [6.45, 7) is 0. The van der Waals surface area contributed by atoms with Gasteiger partial charge in [-0.1, -0.05) is 36.4 Å². The second-order valence-corrected chi connectivity index (χ2v) is 7.47. The smallest absolute Gasteiger partial charge is 0.307 e. The lowest BCUT2D eigenvalue weighted by molar-refractivity contribution is -0.136. The zero-order valence-corrected chi connectivity index (χ0v) is 16.6. The van der Waals surface area contributed by atoms with E-state index < -0.39 is 5.97 Å². The third kappa shape index (κ3) is 4.90. The van der Waals surface area contributed by atoms with E-state index in [1.807, 2.05) is 24.3 Å². The van der Waals surface area contributed by atoms with Crippen LogP contribution in [-0.4, -0.2) is 23.0 Å². The van der Waals surface area contributed by atoms with Crippen LogP contribution in [0, 0.1) is 11.3 Å². The van der Waals surface area contributed by atoms with Gasteiger partial charge in [0.1, 0.15) is 17.6 Å². The molecule has 0 bridgehead atoms. The average molecular weight is 412 g/mol. The molecule has 6 nitrogen and oxygen atoms in total.